The van der Waals surface area contributed by atoms with Gasteiger partial charge in [0.2, 0.25) is 5.56 Å². The summed E-state index contributed by atoms with van der Waals surface area (Å²) >= 11 is 0. The largest absolute Gasteiger partial charge is 0.506 e. The van der Waals surface area contributed by atoms with E-state index in [-0.39, 0.29) is 11.3 Å². The van der Waals surface area contributed by atoms with Crippen LogP contribution < -0.4 is 5.56 Å². The van der Waals surface area contributed by atoms with Crippen LogP contribution in [0.15, 0.2) is 29.1 Å². The molecule has 0 amide bonds. The van der Waals surface area contributed by atoms with E-state index in [0.717, 1.165) is 0 Å². The van der Waals surface area contributed by atoms with Crippen molar-refractivity contribution >= 4 is 10.9 Å². The van der Waals surface area contributed by atoms with Gasteiger partial charge in [-0.15, -0.1) is 0 Å². The Morgan fingerprint density at radius 1 is 1.31 bits per heavy atom. The molecule has 0 radical (unpaired) electrons. The Hall–Kier alpha value is -1.81. The molecular weight excluding hydrogens is 206 g/mol. The fraction of sp³-hybridized carbons (Fsp3) is 0.250. The molecule has 0 bridgehead atoms. The molecule has 1 heterocycles. The van der Waals surface area contributed by atoms with Crippen LogP contribution in [0.4, 0.5) is 0 Å². The maximum Gasteiger partial charge on any atom is 0.248 e. The number of pyridine rings is 1. The highest BCUT2D eigenvalue weighted by atomic mass is 16.3. The smallest absolute Gasteiger partial charge is 0.248 e. The lowest BCUT2D eigenvalue weighted by Gasteiger charge is -2.12. The number of hydrogen-bond donors (Lipinski definition) is 3. The number of aliphatic hydroxyl groups excluding tert-OH is 1. The minimum Gasteiger partial charge on any atom is -0.506 e. The molecule has 0 saturated heterocycles. The number of benzene rings is 1. The van der Waals surface area contributed by atoms with E-state index in [9.17, 15) is 15.0 Å². The summed E-state index contributed by atoms with van der Waals surface area (Å²) in [6.45, 7) is 1.87. The van der Waals surface area contributed by atoms with E-state index < -0.39 is 6.10 Å². The highest BCUT2D eigenvalue weighted by molar-refractivity contribution is 5.87. The molecule has 4 nitrogen and oxygen atoms in total. The predicted octanol–water partition coefficient (Wildman–Crippen LogP) is 1.68. The lowest BCUT2D eigenvalue weighted by molar-refractivity contribution is 0.175. The van der Waals surface area contributed by atoms with Gasteiger partial charge in [-0.05, 0) is 24.1 Å². The summed E-state index contributed by atoms with van der Waals surface area (Å²) in [7, 11) is 0. The summed E-state index contributed by atoms with van der Waals surface area (Å²) in [5, 5.41) is 20.1. The average Bonchev–Trinajstić information content (AvgIpc) is 2.29. The number of phenolic OH excluding ortho intramolecular Hbond substituents is 1. The average molecular weight is 219 g/mol. The monoisotopic (exact) mass is 219 g/mol. The maximum absolute atomic E-state index is 11.2. The normalized spacial score (nSPS) is 12.9. The number of aromatic nitrogens is 1. The van der Waals surface area contributed by atoms with E-state index in [0.29, 0.717) is 22.9 Å². The van der Waals surface area contributed by atoms with Gasteiger partial charge in [-0.2, -0.15) is 0 Å². The Morgan fingerprint density at radius 2 is 2.06 bits per heavy atom. The summed E-state index contributed by atoms with van der Waals surface area (Å²) in [5.74, 6) is 0.0137. The molecule has 1 atom stereocenters. The van der Waals surface area contributed by atoms with Crippen LogP contribution in [-0.2, 0) is 0 Å². The van der Waals surface area contributed by atoms with Gasteiger partial charge in [0.1, 0.15) is 5.75 Å². The number of phenols is 1. The molecule has 0 spiro atoms. The molecule has 1 aromatic heterocycles. The zero-order chi connectivity index (χ0) is 11.7. The fourth-order valence-electron chi connectivity index (χ4n) is 1.77. The fourth-order valence-corrected chi connectivity index (χ4v) is 1.77. The minimum atomic E-state index is -0.589. The van der Waals surface area contributed by atoms with Gasteiger partial charge in [0.25, 0.3) is 0 Å². The van der Waals surface area contributed by atoms with E-state index >= 15 is 0 Å². The van der Waals surface area contributed by atoms with Gasteiger partial charge in [-0.1, -0.05) is 13.0 Å². The molecule has 0 aliphatic rings. The molecule has 0 unspecified atom stereocenters. The van der Waals surface area contributed by atoms with Crippen molar-refractivity contribution in [3.8, 4) is 5.75 Å². The van der Waals surface area contributed by atoms with Crippen molar-refractivity contribution in [3.05, 3.63) is 40.2 Å². The molecule has 2 rings (SSSR count). The summed E-state index contributed by atoms with van der Waals surface area (Å²) in [4.78, 5) is 13.7. The molecule has 0 aliphatic heterocycles. The third-order valence-corrected chi connectivity index (χ3v) is 2.65. The van der Waals surface area contributed by atoms with Crippen LogP contribution in [0.1, 0.15) is 25.0 Å². The highest BCUT2D eigenvalue weighted by Crippen LogP contribution is 2.29. The van der Waals surface area contributed by atoms with Gasteiger partial charge >= 0.3 is 0 Å². The zero-order valence-corrected chi connectivity index (χ0v) is 8.90. The highest BCUT2D eigenvalue weighted by Gasteiger charge is 2.11. The molecule has 2 aromatic rings. The van der Waals surface area contributed by atoms with E-state index in [1.165, 1.54) is 12.1 Å². The van der Waals surface area contributed by atoms with Gasteiger partial charge in [0, 0.05) is 11.5 Å². The summed E-state index contributed by atoms with van der Waals surface area (Å²) in [6.07, 6.45) is -0.00654. The van der Waals surface area contributed by atoms with Crippen molar-refractivity contribution in [3.63, 3.8) is 0 Å². The van der Waals surface area contributed by atoms with Gasteiger partial charge in [0.05, 0.1) is 11.6 Å². The van der Waals surface area contributed by atoms with Gasteiger partial charge in [0.15, 0.2) is 0 Å². The SMILES string of the molecule is CC[C@H](O)c1ccc(O)c2[nH]c(=O)ccc12. The molecule has 4 heteroatoms. The third-order valence-electron chi connectivity index (χ3n) is 2.65. The number of H-pyrrole nitrogens is 1. The van der Waals surface area contributed by atoms with Gasteiger partial charge in [-0.25, -0.2) is 0 Å². The van der Waals surface area contributed by atoms with Crippen molar-refractivity contribution in [2.24, 2.45) is 0 Å². The van der Waals surface area contributed by atoms with Crippen molar-refractivity contribution in [2.75, 3.05) is 0 Å². The quantitative estimate of drug-likeness (QED) is 0.719. The first kappa shape index (κ1) is 10.7. The van der Waals surface area contributed by atoms with Gasteiger partial charge in [-0.3, -0.25) is 4.79 Å². The molecule has 3 N–H and O–H groups in total. The van der Waals surface area contributed by atoms with E-state index in [1.54, 1.807) is 12.1 Å². The maximum atomic E-state index is 11.2. The zero-order valence-electron chi connectivity index (χ0n) is 8.90. The minimum absolute atomic E-state index is 0.0137. The summed E-state index contributed by atoms with van der Waals surface area (Å²) < 4.78 is 0. The molecule has 0 fully saturated rings. The molecule has 84 valence electrons. The summed E-state index contributed by atoms with van der Waals surface area (Å²) in [5.41, 5.74) is 0.815. The number of aromatic hydroxyl groups is 1. The topological polar surface area (TPSA) is 73.3 Å². The Bertz CT molecular complexity index is 574. The number of aliphatic hydroxyl groups is 1. The molecule has 1 aromatic carbocycles. The third kappa shape index (κ3) is 1.67. The first-order valence-electron chi connectivity index (χ1n) is 5.16. The van der Waals surface area contributed by atoms with Crippen LogP contribution in [0.5, 0.6) is 5.75 Å². The van der Waals surface area contributed by atoms with E-state index in [4.69, 9.17) is 0 Å². The number of aromatic amines is 1. The van der Waals surface area contributed by atoms with Crippen LogP contribution in [0.25, 0.3) is 10.9 Å². The molecule has 16 heavy (non-hydrogen) atoms. The Labute approximate surface area is 92.2 Å². The van der Waals surface area contributed by atoms with E-state index in [1.807, 2.05) is 6.92 Å². The van der Waals surface area contributed by atoms with Gasteiger partial charge < -0.3 is 15.2 Å². The van der Waals surface area contributed by atoms with Crippen molar-refractivity contribution in [2.45, 2.75) is 19.4 Å². The predicted molar refractivity (Wildman–Crippen MR) is 61.5 cm³/mol. The Morgan fingerprint density at radius 3 is 2.75 bits per heavy atom. The number of hydrogen-bond acceptors (Lipinski definition) is 3. The second-order valence-corrected chi connectivity index (χ2v) is 3.71. The van der Waals surface area contributed by atoms with Crippen LogP contribution >= 0.6 is 0 Å². The lowest BCUT2D eigenvalue weighted by Crippen LogP contribution is -2.05. The second-order valence-electron chi connectivity index (χ2n) is 3.71. The first-order chi connectivity index (χ1) is 7.63. The van der Waals surface area contributed by atoms with Crippen molar-refractivity contribution < 1.29 is 10.2 Å². The molecule has 0 saturated carbocycles. The lowest BCUT2D eigenvalue weighted by atomic mass is 10.0. The molecular formula is C12H13NO3. The van der Waals surface area contributed by atoms with Crippen LogP contribution in [0, 0.1) is 0 Å². The summed E-state index contributed by atoms with van der Waals surface area (Å²) in [6, 6.07) is 6.15. The second kappa shape index (κ2) is 3.98. The Kier molecular flexibility index (Phi) is 2.66. The van der Waals surface area contributed by atoms with Crippen molar-refractivity contribution in [1.29, 1.82) is 0 Å². The number of rotatable bonds is 2. The molecule has 0 aliphatic carbocycles. The first-order valence-corrected chi connectivity index (χ1v) is 5.16. The van der Waals surface area contributed by atoms with Crippen LogP contribution in [0.2, 0.25) is 0 Å². The number of fused-ring (bicyclic) bond motifs is 1. The standard InChI is InChI=1S/C12H13NO3/c1-2-9(14)7-3-5-10(15)12-8(7)4-6-11(16)13-12/h3-6,9,14-15H,2H2,1H3,(H,13,16)/t9-/m0/s1. The number of nitrogens with one attached hydrogen (secondary N) is 1. The Balaban J connectivity index is 2.79. The van der Waals surface area contributed by atoms with Crippen molar-refractivity contribution in [1.82, 2.24) is 4.98 Å². The van der Waals surface area contributed by atoms with Crippen LogP contribution in [-0.4, -0.2) is 15.2 Å². The van der Waals surface area contributed by atoms with Crippen LogP contribution in [0.3, 0.4) is 0 Å². The van der Waals surface area contributed by atoms with E-state index in [2.05, 4.69) is 4.98 Å².